The van der Waals surface area contributed by atoms with Crippen molar-refractivity contribution in [3.63, 3.8) is 0 Å². The van der Waals surface area contributed by atoms with E-state index in [1.54, 1.807) is 11.8 Å². The highest BCUT2D eigenvalue weighted by Crippen LogP contribution is 2.20. The van der Waals surface area contributed by atoms with Crippen LogP contribution in [0, 0.1) is 6.92 Å². The van der Waals surface area contributed by atoms with Crippen LogP contribution in [0.5, 0.6) is 0 Å². The van der Waals surface area contributed by atoms with E-state index in [9.17, 15) is 4.79 Å². The molecule has 0 aliphatic rings. The van der Waals surface area contributed by atoms with E-state index < -0.39 is 0 Å². The van der Waals surface area contributed by atoms with Crippen molar-refractivity contribution in [3.05, 3.63) is 59.4 Å². The highest BCUT2D eigenvalue weighted by Gasteiger charge is 2.18. The zero-order chi connectivity index (χ0) is 15.1. The molecule has 0 bridgehead atoms. The number of aromatic nitrogens is 2. The van der Waals surface area contributed by atoms with Crippen LogP contribution >= 0.6 is 11.8 Å². The van der Waals surface area contributed by atoms with Crippen LogP contribution in [0.2, 0.25) is 0 Å². The molecule has 0 spiro atoms. The molecule has 1 heterocycles. The lowest BCUT2D eigenvalue weighted by atomic mass is 10.0. The van der Waals surface area contributed by atoms with E-state index in [1.807, 2.05) is 55.6 Å². The first-order valence-electron chi connectivity index (χ1n) is 6.84. The van der Waals surface area contributed by atoms with Crippen LogP contribution in [0.15, 0.2) is 42.5 Å². The van der Waals surface area contributed by atoms with Gasteiger partial charge in [0.25, 0.3) is 0 Å². The topological polar surface area (TPSA) is 54.9 Å². The third kappa shape index (κ3) is 4.56. The Labute approximate surface area is 129 Å². The van der Waals surface area contributed by atoms with E-state index in [2.05, 4.69) is 15.5 Å². The zero-order valence-electron chi connectivity index (χ0n) is 12.2. The SMILES string of the molecule is CSCCC(=O)N[C@@H](c1ccccc1)c1ccc(C)nn1. The molecular weight excluding hydrogens is 282 g/mol. The first kappa shape index (κ1) is 15.5. The molecule has 1 N–H and O–H groups in total. The number of benzene rings is 1. The maximum Gasteiger partial charge on any atom is 0.221 e. The van der Waals surface area contributed by atoms with Gasteiger partial charge in [-0.05, 0) is 30.9 Å². The third-order valence-electron chi connectivity index (χ3n) is 3.09. The fraction of sp³-hybridized carbons (Fsp3) is 0.312. The van der Waals surface area contributed by atoms with Crippen molar-refractivity contribution in [1.29, 1.82) is 0 Å². The van der Waals surface area contributed by atoms with Crippen LogP contribution < -0.4 is 5.32 Å². The Morgan fingerprint density at radius 3 is 2.57 bits per heavy atom. The summed E-state index contributed by atoms with van der Waals surface area (Å²) in [5, 5.41) is 11.4. The van der Waals surface area contributed by atoms with Crippen LogP contribution in [-0.2, 0) is 4.79 Å². The van der Waals surface area contributed by atoms with Crippen molar-refractivity contribution < 1.29 is 4.79 Å². The molecule has 1 aromatic heterocycles. The summed E-state index contributed by atoms with van der Waals surface area (Å²) in [7, 11) is 0. The molecule has 5 heteroatoms. The summed E-state index contributed by atoms with van der Waals surface area (Å²) in [4.78, 5) is 12.1. The van der Waals surface area contributed by atoms with Gasteiger partial charge in [-0.2, -0.15) is 22.0 Å². The van der Waals surface area contributed by atoms with Gasteiger partial charge in [0.15, 0.2) is 0 Å². The molecule has 0 radical (unpaired) electrons. The van der Waals surface area contributed by atoms with Gasteiger partial charge in [-0.15, -0.1) is 0 Å². The number of amides is 1. The number of nitrogens with zero attached hydrogens (tertiary/aromatic N) is 2. The Kier molecular flexibility index (Phi) is 5.75. The molecule has 1 atom stereocenters. The van der Waals surface area contributed by atoms with E-state index in [-0.39, 0.29) is 11.9 Å². The van der Waals surface area contributed by atoms with Crippen LogP contribution in [0.4, 0.5) is 0 Å². The number of rotatable bonds is 6. The molecule has 0 aliphatic heterocycles. The van der Waals surface area contributed by atoms with Gasteiger partial charge >= 0.3 is 0 Å². The quantitative estimate of drug-likeness (QED) is 0.891. The summed E-state index contributed by atoms with van der Waals surface area (Å²) in [5.74, 6) is 0.841. The largest absolute Gasteiger partial charge is 0.344 e. The predicted octanol–water partition coefficient (Wildman–Crippen LogP) is 2.74. The molecule has 1 aromatic carbocycles. The summed E-state index contributed by atoms with van der Waals surface area (Å²) < 4.78 is 0. The molecule has 4 nitrogen and oxygen atoms in total. The number of nitrogens with one attached hydrogen (secondary N) is 1. The summed E-state index contributed by atoms with van der Waals surface area (Å²) in [5.41, 5.74) is 2.62. The van der Waals surface area contributed by atoms with E-state index in [0.717, 1.165) is 22.7 Å². The lowest BCUT2D eigenvalue weighted by molar-refractivity contribution is -0.121. The van der Waals surface area contributed by atoms with Crippen molar-refractivity contribution >= 4 is 17.7 Å². The molecule has 110 valence electrons. The van der Waals surface area contributed by atoms with E-state index >= 15 is 0 Å². The van der Waals surface area contributed by atoms with E-state index in [4.69, 9.17) is 0 Å². The van der Waals surface area contributed by atoms with Crippen LogP contribution in [-0.4, -0.2) is 28.1 Å². The van der Waals surface area contributed by atoms with Gasteiger partial charge in [0.1, 0.15) is 0 Å². The highest BCUT2D eigenvalue weighted by atomic mass is 32.2. The van der Waals surface area contributed by atoms with E-state index in [1.165, 1.54) is 0 Å². The number of hydrogen-bond donors (Lipinski definition) is 1. The standard InChI is InChI=1S/C16H19N3OS/c1-12-8-9-14(19-18-12)16(13-6-4-3-5-7-13)17-15(20)10-11-21-2/h3-9,16H,10-11H2,1-2H3,(H,17,20)/t16-/m0/s1. The zero-order valence-corrected chi connectivity index (χ0v) is 13.1. The maximum absolute atomic E-state index is 12.1. The Hall–Kier alpha value is -1.88. The number of hydrogen-bond acceptors (Lipinski definition) is 4. The Balaban J connectivity index is 2.22. The maximum atomic E-state index is 12.1. The normalized spacial score (nSPS) is 11.9. The average molecular weight is 301 g/mol. The van der Waals surface area contributed by atoms with Gasteiger partial charge in [0, 0.05) is 12.2 Å². The second-order valence-corrected chi connectivity index (χ2v) is 5.74. The van der Waals surface area contributed by atoms with Crippen LogP contribution in [0.1, 0.15) is 29.4 Å². The van der Waals surface area contributed by atoms with Gasteiger partial charge in [-0.1, -0.05) is 30.3 Å². The Bertz CT molecular complexity index is 572. The second kappa shape index (κ2) is 7.78. The summed E-state index contributed by atoms with van der Waals surface area (Å²) in [6.45, 7) is 1.89. The molecular formula is C16H19N3OS. The third-order valence-corrected chi connectivity index (χ3v) is 3.70. The molecule has 2 aromatic rings. The fourth-order valence-corrected chi connectivity index (χ4v) is 2.35. The molecule has 0 saturated carbocycles. The monoisotopic (exact) mass is 301 g/mol. The van der Waals surface area contributed by atoms with Gasteiger partial charge < -0.3 is 5.32 Å². The fourth-order valence-electron chi connectivity index (χ4n) is 1.96. The van der Waals surface area contributed by atoms with Crippen molar-refractivity contribution in [2.24, 2.45) is 0 Å². The van der Waals surface area contributed by atoms with Crippen LogP contribution in [0.25, 0.3) is 0 Å². The molecule has 0 saturated heterocycles. The van der Waals surface area contributed by atoms with E-state index in [0.29, 0.717) is 6.42 Å². The second-order valence-electron chi connectivity index (χ2n) is 4.75. The minimum Gasteiger partial charge on any atom is -0.344 e. The first-order chi connectivity index (χ1) is 10.2. The first-order valence-corrected chi connectivity index (χ1v) is 8.23. The minimum atomic E-state index is -0.256. The summed E-state index contributed by atoms with van der Waals surface area (Å²) in [6, 6.07) is 13.4. The number of thioether (sulfide) groups is 1. The average Bonchev–Trinajstić information content (AvgIpc) is 2.52. The summed E-state index contributed by atoms with van der Waals surface area (Å²) >= 11 is 1.66. The lowest BCUT2D eigenvalue weighted by Gasteiger charge is -2.18. The number of carbonyl (C=O) groups excluding carboxylic acids is 1. The van der Waals surface area contributed by atoms with Crippen molar-refractivity contribution in [3.8, 4) is 0 Å². The highest BCUT2D eigenvalue weighted by molar-refractivity contribution is 7.98. The van der Waals surface area contributed by atoms with Gasteiger partial charge in [-0.25, -0.2) is 0 Å². The van der Waals surface area contributed by atoms with Gasteiger partial charge in [0.05, 0.1) is 17.4 Å². The van der Waals surface area contributed by atoms with Gasteiger partial charge in [-0.3, -0.25) is 4.79 Å². The predicted molar refractivity (Wildman–Crippen MR) is 86.2 cm³/mol. The molecule has 21 heavy (non-hydrogen) atoms. The minimum absolute atomic E-state index is 0.0283. The smallest absolute Gasteiger partial charge is 0.221 e. The molecule has 0 unspecified atom stereocenters. The number of carbonyl (C=O) groups is 1. The molecule has 1 amide bonds. The van der Waals surface area contributed by atoms with Crippen molar-refractivity contribution in [1.82, 2.24) is 15.5 Å². The van der Waals surface area contributed by atoms with Crippen molar-refractivity contribution in [2.45, 2.75) is 19.4 Å². The van der Waals surface area contributed by atoms with Crippen molar-refractivity contribution in [2.75, 3.05) is 12.0 Å². The lowest BCUT2D eigenvalue weighted by Crippen LogP contribution is -2.30. The Morgan fingerprint density at radius 2 is 1.95 bits per heavy atom. The molecule has 0 aliphatic carbocycles. The summed E-state index contributed by atoms with van der Waals surface area (Å²) in [6.07, 6.45) is 2.50. The van der Waals surface area contributed by atoms with Gasteiger partial charge in [0.2, 0.25) is 5.91 Å². The number of aryl methyl sites for hydroxylation is 1. The van der Waals surface area contributed by atoms with Crippen LogP contribution in [0.3, 0.4) is 0 Å². The molecule has 0 fully saturated rings. The Morgan fingerprint density at radius 1 is 1.19 bits per heavy atom. The molecule has 2 rings (SSSR count).